The van der Waals surface area contributed by atoms with Crippen molar-refractivity contribution in [2.75, 3.05) is 16.8 Å². The average molecular weight is 292 g/mol. The summed E-state index contributed by atoms with van der Waals surface area (Å²) in [7, 11) is 0. The van der Waals surface area contributed by atoms with Crippen LogP contribution in [0, 0.1) is 6.92 Å². The zero-order valence-electron chi connectivity index (χ0n) is 9.50. The minimum absolute atomic E-state index is 0.587. The Hall–Kier alpha value is -1.68. The van der Waals surface area contributed by atoms with Gasteiger partial charge in [-0.2, -0.15) is 0 Å². The van der Waals surface area contributed by atoms with E-state index in [4.69, 9.17) is 11.5 Å². The van der Waals surface area contributed by atoms with Crippen molar-refractivity contribution in [1.82, 2.24) is 0 Å². The second kappa shape index (κ2) is 4.67. The Bertz CT molecular complexity index is 503. The number of halogens is 1. The van der Waals surface area contributed by atoms with Crippen LogP contribution >= 0.6 is 15.9 Å². The molecule has 0 bridgehead atoms. The fourth-order valence-electron chi connectivity index (χ4n) is 1.54. The van der Waals surface area contributed by atoms with Crippen molar-refractivity contribution in [3.05, 3.63) is 46.4 Å². The summed E-state index contributed by atoms with van der Waals surface area (Å²) in [5, 5.41) is 3.28. The second-order valence-electron chi connectivity index (χ2n) is 3.93. The van der Waals surface area contributed by atoms with Crippen molar-refractivity contribution in [3.63, 3.8) is 0 Å². The lowest BCUT2D eigenvalue weighted by Gasteiger charge is -2.09. The molecule has 0 unspecified atom stereocenters. The lowest BCUT2D eigenvalue weighted by atomic mass is 10.2. The maximum absolute atomic E-state index is 5.76. The molecule has 0 saturated heterocycles. The highest BCUT2D eigenvalue weighted by molar-refractivity contribution is 9.10. The van der Waals surface area contributed by atoms with E-state index in [0.717, 1.165) is 15.8 Å². The predicted octanol–water partition coefficient (Wildman–Crippen LogP) is 3.67. The van der Waals surface area contributed by atoms with Crippen LogP contribution in [0.1, 0.15) is 5.56 Å². The first kappa shape index (κ1) is 11.8. The number of hydrogen-bond donors (Lipinski definition) is 3. The van der Waals surface area contributed by atoms with Gasteiger partial charge in [0.15, 0.2) is 0 Å². The van der Waals surface area contributed by atoms with Gasteiger partial charge in [-0.15, -0.1) is 0 Å². The molecule has 0 fully saturated rings. The van der Waals surface area contributed by atoms with Gasteiger partial charge in [-0.05, 0) is 48.9 Å². The summed E-state index contributed by atoms with van der Waals surface area (Å²) in [4.78, 5) is 0. The van der Waals surface area contributed by atoms with E-state index in [1.807, 2.05) is 31.2 Å². The molecule has 2 aromatic rings. The first-order valence-corrected chi connectivity index (χ1v) is 6.04. The zero-order valence-corrected chi connectivity index (χ0v) is 11.1. The third-order valence-corrected chi connectivity index (χ3v) is 3.42. The Morgan fingerprint density at radius 3 is 2.24 bits per heavy atom. The molecular weight excluding hydrogens is 278 g/mol. The number of nitrogen functional groups attached to an aromatic ring is 2. The minimum Gasteiger partial charge on any atom is -0.397 e. The molecule has 4 heteroatoms. The van der Waals surface area contributed by atoms with Crippen LogP contribution in [-0.2, 0) is 0 Å². The number of aryl methyl sites for hydroxylation is 1. The van der Waals surface area contributed by atoms with Gasteiger partial charge in [0, 0.05) is 15.8 Å². The molecule has 0 aromatic heterocycles. The van der Waals surface area contributed by atoms with Crippen molar-refractivity contribution < 1.29 is 0 Å². The number of nitrogens with two attached hydrogens (primary N) is 2. The molecule has 17 heavy (non-hydrogen) atoms. The zero-order chi connectivity index (χ0) is 12.4. The summed E-state index contributed by atoms with van der Waals surface area (Å²) in [6, 6.07) is 11.6. The number of rotatable bonds is 2. The van der Waals surface area contributed by atoms with Gasteiger partial charge in [0.25, 0.3) is 0 Å². The van der Waals surface area contributed by atoms with Crippen LogP contribution in [0.5, 0.6) is 0 Å². The van der Waals surface area contributed by atoms with E-state index in [9.17, 15) is 0 Å². The van der Waals surface area contributed by atoms with E-state index in [-0.39, 0.29) is 0 Å². The van der Waals surface area contributed by atoms with Crippen LogP contribution in [0.4, 0.5) is 22.7 Å². The van der Waals surface area contributed by atoms with Gasteiger partial charge >= 0.3 is 0 Å². The average Bonchev–Trinajstić information content (AvgIpc) is 2.29. The van der Waals surface area contributed by atoms with Crippen molar-refractivity contribution >= 4 is 38.7 Å². The SMILES string of the molecule is Cc1cc(Nc2ccc(N)c(N)c2)ccc1Br. The van der Waals surface area contributed by atoms with E-state index in [0.29, 0.717) is 11.4 Å². The van der Waals surface area contributed by atoms with E-state index in [2.05, 4.69) is 27.3 Å². The number of benzene rings is 2. The maximum Gasteiger partial charge on any atom is 0.0568 e. The highest BCUT2D eigenvalue weighted by Gasteiger charge is 2.00. The first-order chi connectivity index (χ1) is 8.06. The van der Waals surface area contributed by atoms with Crippen molar-refractivity contribution in [2.24, 2.45) is 0 Å². The summed E-state index contributed by atoms with van der Waals surface area (Å²) in [5.41, 5.74) is 15.7. The molecule has 2 aromatic carbocycles. The summed E-state index contributed by atoms with van der Waals surface area (Å²) in [6.07, 6.45) is 0. The van der Waals surface area contributed by atoms with Crippen LogP contribution in [0.15, 0.2) is 40.9 Å². The molecule has 0 heterocycles. The van der Waals surface area contributed by atoms with Gasteiger partial charge in [-0.1, -0.05) is 15.9 Å². The Morgan fingerprint density at radius 2 is 1.59 bits per heavy atom. The molecule has 88 valence electrons. The lowest BCUT2D eigenvalue weighted by molar-refractivity contribution is 1.42. The van der Waals surface area contributed by atoms with Gasteiger partial charge in [0.1, 0.15) is 0 Å². The number of anilines is 4. The second-order valence-corrected chi connectivity index (χ2v) is 4.79. The van der Waals surface area contributed by atoms with Crippen molar-refractivity contribution in [1.29, 1.82) is 0 Å². The molecule has 0 saturated carbocycles. The summed E-state index contributed by atoms with van der Waals surface area (Å²) < 4.78 is 1.10. The molecule has 5 N–H and O–H groups in total. The minimum atomic E-state index is 0.587. The van der Waals surface area contributed by atoms with Crippen LogP contribution in [0.25, 0.3) is 0 Å². The first-order valence-electron chi connectivity index (χ1n) is 5.24. The Balaban J connectivity index is 2.25. The largest absolute Gasteiger partial charge is 0.397 e. The molecule has 0 atom stereocenters. The fraction of sp³-hybridized carbons (Fsp3) is 0.0769. The van der Waals surface area contributed by atoms with E-state index in [1.165, 1.54) is 5.56 Å². The lowest BCUT2D eigenvalue weighted by Crippen LogP contribution is -1.97. The fourth-order valence-corrected chi connectivity index (χ4v) is 1.79. The van der Waals surface area contributed by atoms with Crippen LogP contribution in [-0.4, -0.2) is 0 Å². The van der Waals surface area contributed by atoms with Crippen LogP contribution < -0.4 is 16.8 Å². The van der Waals surface area contributed by atoms with Crippen molar-refractivity contribution in [3.8, 4) is 0 Å². The summed E-state index contributed by atoms with van der Waals surface area (Å²) in [5.74, 6) is 0. The van der Waals surface area contributed by atoms with Gasteiger partial charge < -0.3 is 16.8 Å². The maximum atomic E-state index is 5.76. The number of nitrogens with one attached hydrogen (secondary N) is 1. The normalized spacial score (nSPS) is 10.2. The van der Waals surface area contributed by atoms with Crippen LogP contribution in [0.2, 0.25) is 0 Å². The van der Waals surface area contributed by atoms with Crippen molar-refractivity contribution in [2.45, 2.75) is 6.92 Å². The third-order valence-electron chi connectivity index (χ3n) is 2.53. The highest BCUT2D eigenvalue weighted by Crippen LogP contribution is 2.25. The predicted molar refractivity (Wildman–Crippen MR) is 77.4 cm³/mol. The van der Waals surface area contributed by atoms with Gasteiger partial charge in [0.05, 0.1) is 11.4 Å². The summed E-state index contributed by atoms with van der Waals surface area (Å²) >= 11 is 3.47. The molecule has 0 aliphatic heterocycles. The van der Waals surface area contributed by atoms with E-state index >= 15 is 0 Å². The molecule has 0 aliphatic carbocycles. The van der Waals surface area contributed by atoms with Gasteiger partial charge in [-0.25, -0.2) is 0 Å². The van der Waals surface area contributed by atoms with E-state index in [1.54, 1.807) is 6.07 Å². The Kier molecular flexibility index (Phi) is 3.24. The summed E-state index contributed by atoms with van der Waals surface area (Å²) in [6.45, 7) is 2.05. The molecule has 0 spiro atoms. The number of hydrogen-bond acceptors (Lipinski definition) is 3. The quantitative estimate of drug-likeness (QED) is 0.740. The van der Waals surface area contributed by atoms with E-state index < -0.39 is 0 Å². The van der Waals surface area contributed by atoms with Gasteiger partial charge in [0.2, 0.25) is 0 Å². The molecule has 2 rings (SSSR count). The highest BCUT2D eigenvalue weighted by atomic mass is 79.9. The topological polar surface area (TPSA) is 64.1 Å². The Morgan fingerprint density at radius 1 is 0.941 bits per heavy atom. The molecule has 0 radical (unpaired) electrons. The molecule has 0 aliphatic rings. The molecule has 3 nitrogen and oxygen atoms in total. The van der Waals surface area contributed by atoms with Gasteiger partial charge in [-0.3, -0.25) is 0 Å². The molecule has 0 amide bonds. The smallest absolute Gasteiger partial charge is 0.0568 e. The monoisotopic (exact) mass is 291 g/mol. The van der Waals surface area contributed by atoms with Crippen LogP contribution in [0.3, 0.4) is 0 Å². The standard InChI is InChI=1S/C13H14BrN3/c1-8-6-9(2-4-11(8)14)17-10-3-5-12(15)13(16)7-10/h2-7,17H,15-16H2,1H3. The third kappa shape index (κ3) is 2.71. The molecular formula is C13H14BrN3. The Labute approximate surface area is 109 Å².